The van der Waals surface area contributed by atoms with Crippen molar-refractivity contribution in [2.24, 2.45) is 0 Å². The second-order valence-electron chi connectivity index (χ2n) is 3.61. The quantitative estimate of drug-likeness (QED) is 0.790. The van der Waals surface area contributed by atoms with Gasteiger partial charge in [-0.3, -0.25) is 15.1 Å². The van der Waals surface area contributed by atoms with Gasteiger partial charge in [0.25, 0.3) is 0 Å². The lowest BCUT2D eigenvalue weighted by Crippen LogP contribution is -1.85. The Morgan fingerprint density at radius 1 is 1.06 bits per heavy atom. The van der Waals surface area contributed by atoms with Gasteiger partial charge in [-0.15, -0.1) is 0 Å². The lowest BCUT2D eigenvalue weighted by Gasteiger charge is -1.94. The predicted octanol–water partition coefficient (Wildman–Crippen LogP) is 2.69. The fourth-order valence-corrected chi connectivity index (χ4v) is 1.76. The lowest BCUT2D eigenvalue weighted by atomic mass is 10.2. The molecule has 0 atom stereocenters. The fourth-order valence-electron chi connectivity index (χ4n) is 1.52. The van der Waals surface area contributed by atoms with Crippen molar-refractivity contribution in [2.45, 2.75) is 0 Å². The number of pyridine rings is 2. The standard InChI is InChI=1S/C12H8BrN5/c13-9-1-2-10(15-7-9)12-16-11(17-18-12)8-3-5-14-6-4-8/h1-7H,(H,16,17,18). The monoisotopic (exact) mass is 301 g/mol. The van der Waals surface area contributed by atoms with E-state index in [-0.39, 0.29) is 0 Å². The molecular weight excluding hydrogens is 294 g/mol. The first-order valence-corrected chi connectivity index (χ1v) is 6.07. The normalized spacial score (nSPS) is 10.5. The number of nitrogens with one attached hydrogen (secondary N) is 1. The summed E-state index contributed by atoms with van der Waals surface area (Å²) < 4.78 is 0.931. The minimum atomic E-state index is 0.636. The van der Waals surface area contributed by atoms with Crippen LogP contribution in [0, 0.1) is 0 Å². The summed E-state index contributed by atoms with van der Waals surface area (Å²) in [5.74, 6) is 1.28. The van der Waals surface area contributed by atoms with E-state index in [0.717, 1.165) is 15.7 Å². The molecule has 0 saturated heterocycles. The van der Waals surface area contributed by atoms with Crippen LogP contribution in [0.3, 0.4) is 0 Å². The molecule has 0 aromatic carbocycles. The molecule has 6 heteroatoms. The van der Waals surface area contributed by atoms with Crippen LogP contribution in [-0.4, -0.2) is 25.1 Å². The fraction of sp³-hybridized carbons (Fsp3) is 0. The second-order valence-corrected chi connectivity index (χ2v) is 4.52. The van der Waals surface area contributed by atoms with Crippen LogP contribution in [0.1, 0.15) is 0 Å². The van der Waals surface area contributed by atoms with E-state index in [1.54, 1.807) is 18.6 Å². The summed E-state index contributed by atoms with van der Waals surface area (Å²) in [6.07, 6.45) is 5.15. The van der Waals surface area contributed by atoms with E-state index in [1.807, 2.05) is 24.3 Å². The molecule has 0 spiro atoms. The lowest BCUT2D eigenvalue weighted by molar-refractivity contribution is 1.09. The van der Waals surface area contributed by atoms with Crippen molar-refractivity contribution in [2.75, 3.05) is 0 Å². The average Bonchev–Trinajstić information content (AvgIpc) is 2.90. The first-order valence-electron chi connectivity index (χ1n) is 5.27. The third-order valence-corrected chi connectivity index (χ3v) is 2.86. The van der Waals surface area contributed by atoms with E-state index in [1.165, 1.54) is 0 Å². The molecule has 5 nitrogen and oxygen atoms in total. The van der Waals surface area contributed by atoms with E-state index < -0.39 is 0 Å². The first kappa shape index (κ1) is 11.0. The van der Waals surface area contributed by atoms with Gasteiger partial charge < -0.3 is 0 Å². The molecule has 0 aliphatic heterocycles. The zero-order valence-corrected chi connectivity index (χ0v) is 10.8. The maximum atomic E-state index is 4.41. The predicted molar refractivity (Wildman–Crippen MR) is 70.5 cm³/mol. The molecule has 0 saturated carbocycles. The minimum Gasteiger partial charge on any atom is -0.265 e. The summed E-state index contributed by atoms with van der Waals surface area (Å²) in [7, 11) is 0. The highest BCUT2D eigenvalue weighted by molar-refractivity contribution is 9.10. The minimum absolute atomic E-state index is 0.636. The maximum absolute atomic E-state index is 4.41. The Balaban J connectivity index is 1.97. The highest BCUT2D eigenvalue weighted by Gasteiger charge is 2.08. The third-order valence-electron chi connectivity index (χ3n) is 2.39. The maximum Gasteiger partial charge on any atom is 0.181 e. The molecule has 88 valence electrons. The summed E-state index contributed by atoms with van der Waals surface area (Å²) in [6, 6.07) is 7.52. The molecule has 3 heterocycles. The molecule has 0 amide bonds. The first-order chi connectivity index (χ1) is 8.83. The molecule has 3 aromatic rings. The Kier molecular flexibility index (Phi) is 2.85. The summed E-state index contributed by atoms with van der Waals surface area (Å²) in [4.78, 5) is 12.6. The van der Waals surface area contributed by atoms with Crippen LogP contribution in [0.15, 0.2) is 47.3 Å². The Bertz CT molecular complexity index is 648. The smallest absolute Gasteiger partial charge is 0.181 e. The van der Waals surface area contributed by atoms with Crippen LogP contribution in [0.2, 0.25) is 0 Å². The van der Waals surface area contributed by atoms with Crippen molar-refractivity contribution >= 4 is 15.9 Å². The van der Waals surface area contributed by atoms with Gasteiger partial charge in [0.2, 0.25) is 0 Å². The van der Waals surface area contributed by atoms with Crippen LogP contribution in [-0.2, 0) is 0 Å². The Labute approximate surface area is 111 Å². The van der Waals surface area contributed by atoms with E-state index in [4.69, 9.17) is 0 Å². The zero-order chi connectivity index (χ0) is 12.4. The third kappa shape index (κ3) is 2.14. The van der Waals surface area contributed by atoms with Crippen LogP contribution in [0.25, 0.3) is 22.9 Å². The summed E-state index contributed by atoms with van der Waals surface area (Å²) in [5, 5.41) is 7.05. The van der Waals surface area contributed by atoms with E-state index >= 15 is 0 Å². The Morgan fingerprint density at radius 2 is 1.89 bits per heavy atom. The SMILES string of the molecule is Brc1ccc(-c2nc(-c3ccncc3)n[nH]2)nc1. The molecule has 0 fully saturated rings. The highest BCUT2D eigenvalue weighted by Crippen LogP contribution is 2.18. The molecule has 0 bridgehead atoms. The van der Waals surface area contributed by atoms with Gasteiger partial charge in [0.15, 0.2) is 11.6 Å². The molecule has 0 aliphatic rings. The van der Waals surface area contributed by atoms with Crippen LogP contribution >= 0.6 is 15.9 Å². The number of H-pyrrole nitrogens is 1. The molecule has 0 aliphatic carbocycles. The van der Waals surface area contributed by atoms with E-state index in [2.05, 4.69) is 41.1 Å². The summed E-state index contributed by atoms with van der Waals surface area (Å²) in [6.45, 7) is 0. The molecule has 0 unspecified atom stereocenters. The van der Waals surface area contributed by atoms with Crippen molar-refractivity contribution in [3.63, 3.8) is 0 Å². The molecule has 18 heavy (non-hydrogen) atoms. The number of hydrogen-bond donors (Lipinski definition) is 1. The average molecular weight is 302 g/mol. The van der Waals surface area contributed by atoms with Gasteiger partial charge in [0, 0.05) is 28.6 Å². The molecule has 1 N–H and O–H groups in total. The largest absolute Gasteiger partial charge is 0.265 e. The Morgan fingerprint density at radius 3 is 2.61 bits per heavy atom. The second kappa shape index (κ2) is 4.66. The van der Waals surface area contributed by atoms with Gasteiger partial charge in [-0.05, 0) is 40.2 Å². The molecular formula is C12H8BrN5. The molecule has 3 rings (SSSR count). The van der Waals surface area contributed by atoms with Gasteiger partial charge in [0.1, 0.15) is 5.69 Å². The zero-order valence-electron chi connectivity index (χ0n) is 9.21. The van der Waals surface area contributed by atoms with Crippen LogP contribution < -0.4 is 0 Å². The van der Waals surface area contributed by atoms with Gasteiger partial charge in [-0.2, -0.15) is 5.10 Å². The number of nitrogens with zero attached hydrogens (tertiary/aromatic N) is 4. The summed E-state index contributed by atoms with van der Waals surface area (Å²) >= 11 is 3.34. The number of aromatic nitrogens is 5. The number of hydrogen-bond acceptors (Lipinski definition) is 4. The topological polar surface area (TPSA) is 67.3 Å². The van der Waals surface area contributed by atoms with Gasteiger partial charge in [-0.25, -0.2) is 4.98 Å². The summed E-state index contributed by atoms with van der Waals surface area (Å²) in [5.41, 5.74) is 1.68. The molecule has 3 aromatic heterocycles. The highest BCUT2D eigenvalue weighted by atomic mass is 79.9. The number of rotatable bonds is 2. The van der Waals surface area contributed by atoms with Crippen molar-refractivity contribution in [3.8, 4) is 22.9 Å². The number of halogens is 1. The van der Waals surface area contributed by atoms with Gasteiger partial charge in [-0.1, -0.05) is 0 Å². The van der Waals surface area contributed by atoms with Gasteiger partial charge >= 0.3 is 0 Å². The van der Waals surface area contributed by atoms with Crippen molar-refractivity contribution in [1.29, 1.82) is 0 Å². The number of aromatic amines is 1. The Hall–Kier alpha value is -2.08. The molecule has 0 radical (unpaired) electrons. The van der Waals surface area contributed by atoms with E-state index in [9.17, 15) is 0 Å². The van der Waals surface area contributed by atoms with Crippen molar-refractivity contribution in [1.82, 2.24) is 25.1 Å². The van der Waals surface area contributed by atoms with E-state index in [0.29, 0.717) is 11.6 Å². The van der Waals surface area contributed by atoms with Gasteiger partial charge in [0.05, 0.1) is 0 Å². The van der Waals surface area contributed by atoms with Crippen LogP contribution in [0.4, 0.5) is 0 Å². The van der Waals surface area contributed by atoms with Crippen molar-refractivity contribution in [3.05, 3.63) is 47.3 Å². The van der Waals surface area contributed by atoms with Crippen molar-refractivity contribution < 1.29 is 0 Å². The van der Waals surface area contributed by atoms with Crippen LogP contribution in [0.5, 0.6) is 0 Å².